The molecule has 0 aliphatic heterocycles. The predicted octanol–water partition coefficient (Wildman–Crippen LogP) is 1.81. The van der Waals surface area contributed by atoms with Crippen LogP contribution in [-0.2, 0) is 4.57 Å². The van der Waals surface area contributed by atoms with E-state index in [1.807, 2.05) is 6.07 Å². The van der Waals surface area contributed by atoms with Crippen molar-refractivity contribution in [2.45, 2.75) is 5.66 Å². The van der Waals surface area contributed by atoms with Gasteiger partial charge < -0.3 is 4.89 Å². The van der Waals surface area contributed by atoms with Gasteiger partial charge in [0.05, 0.1) is 5.66 Å². The van der Waals surface area contributed by atoms with Gasteiger partial charge in [0.25, 0.3) is 0 Å². The molecule has 0 aliphatic rings. The zero-order chi connectivity index (χ0) is 10.6. The maximum absolute atomic E-state index is 12.0. The maximum atomic E-state index is 12.0. The minimum absolute atomic E-state index is 0.367. The van der Waals surface area contributed by atoms with E-state index < -0.39 is 7.37 Å². The molecule has 78 valence electrons. The van der Waals surface area contributed by atoms with E-state index in [0.717, 1.165) is 0 Å². The third-order valence-electron chi connectivity index (χ3n) is 2.04. The van der Waals surface area contributed by atoms with E-state index in [0.29, 0.717) is 16.8 Å². The van der Waals surface area contributed by atoms with Gasteiger partial charge in [0, 0.05) is 16.8 Å². The standard InChI is InChI=1S/C9H13O2PS2/c10-12(11,9(6-13)7-14)8-4-2-1-3-5-8/h1-5,9,13-14H,6-7H2,(H,10,11). The minimum atomic E-state index is -3.31. The Bertz CT molecular complexity index is 325. The van der Waals surface area contributed by atoms with E-state index in [1.165, 1.54) is 0 Å². The van der Waals surface area contributed by atoms with Gasteiger partial charge in [0.2, 0.25) is 7.37 Å². The van der Waals surface area contributed by atoms with Crippen molar-refractivity contribution in [3.8, 4) is 0 Å². The van der Waals surface area contributed by atoms with Crippen molar-refractivity contribution in [2.24, 2.45) is 0 Å². The molecule has 0 saturated heterocycles. The van der Waals surface area contributed by atoms with E-state index in [-0.39, 0.29) is 5.66 Å². The van der Waals surface area contributed by atoms with Crippen molar-refractivity contribution in [1.82, 2.24) is 0 Å². The lowest BCUT2D eigenvalue weighted by Crippen LogP contribution is -2.20. The molecule has 5 heteroatoms. The number of benzene rings is 1. The van der Waals surface area contributed by atoms with Crippen molar-refractivity contribution in [2.75, 3.05) is 11.5 Å². The molecule has 1 atom stereocenters. The monoisotopic (exact) mass is 248 g/mol. The molecular weight excluding hydrogens is 235 g/mol. The summed E-state index contributed by atoms with van der Waals surface area (Å²) < 4.78 is 12.0. The second kappa shape index (κ2) is 5.26. The Kier molecular flexibility index (Phi) is 4.58. The molecule has 1 aromatic carbocycles. The fourth-order valence-electron chi connectivity index (χ4n) is 1.13. The second-order valence-corrected chi connectivity index (χ2v) is 6.20. The van der Waals surface area contributed by atoms with Gasteiger partial charge >= 0.3 is 0 Å². The molecule has 0 heterocycles. The summed E-state index contributed by atoms with van der Waals surface area (Å²) in [7, 11) is -3.31. The van der Waals surface area contributed by atoms with Gasteiger partial charge in [0.1, 0.15) is 0 Å². The Balaban J connectivity index is 3.01. The third-order valence-corrected chi connectivity index (χ3v) is 5.89. The first kappa shape index (κ1) is 12.2. The van der Waals surface area contributed by atoms with Crippen LogP contribution >= 0.6 is 32.6 Å². The van der Waals surface area contributed by atoms with Crippen LogP contribution in [0.4, 0.5) is 0 Å². The highest BCUT2D eigenvalue weighted by Gasteiger charge is 2.30. The molecule has 14 heavy (non-hydrogen) atoms. The first-order valence-electron chi connectivity index (χ1n) is 4.22. The molecule has 0 amide bonds. The van der Waals surface area contributed by atoms with Crippen molar-refractivity contribution < 1.29 is 9.46 Å². The molecule has 1 rings (SSSR count). The predicted molar refractivity (Wildman–Crippen MR) is 67.4 cm³/mol. The Morgan fingerprint density at radius 1 is 1.21 bits per heavy atom. The van der Waals surface area contributed by atoms with Gasteiger partial charge in [0.15, 0.2) is 0 Å². The Hall–Kier alpha value is 0.110. The lowest BCUT2D eigenvalue weighted by molar-refractivity contribution is 0.482. The zero-order valence-corrected chi connectivity index (χ0v) is 10.3. The van der Waals surface area contributed by atoms with E-state index >= 15 is 0 Å². The third kappa shape index (κ3) is 2.57. The van der Waals surface area contributed by atoms with Crippen LogP contribution in [0.3, 0.4) is 0 Å². The molecule has 0 radical (unpaired) electrons. The molecule has 0 bridgehead atoms. The van der Waals surface area contributed by atoms with E-state index in [1.54, 1.807) is 24.3 Å². The van der Waals surface area contributed by atoms with Crippen molar-refractivity contribution in [1.29, 1.82) is 0 Å². The van der Waals surface area contributed by atoms with Crippen molar-refractivity contribution in [3.63, 3.8) is 0 Å². The largest absolute Gasteiger partial charge is 0.341 e. The summed E-state index contributed by atoms with van der Waals surface area (Å²) in [5, 5.41) is 0.480. The number of rotatable bonds is 4. The highest BCUT2D eigenvalue weighted by molar-refractivity contribution is 7.83. The summed E-state index contributed by atoms with van der Waals surface area (Å²) in [6.45, 7) is 0. The molecule has 1 unspecified atom stereocenters. The lowest BCUT2D eigenvalue weighted by atomic mass is 10.4. The Morgan fingerprint density at radius 2 is 1.71 bits per heavy atom. The fourth-order valence-corrected chi connectivity index (χ4v) is 4.39. The maximum Gasteiger partial charge on any atom is 0.234 e. The molecule has 0 aromatic heterocycles. The second-order valence-electron chi connectivity index (χ2n) is 2.98. The van der Waals surface area contributed by atoms with Crippen LogP contribution in [0.5, 0.6) is 0 Å². The van der Waals surface area contributed by atoms with Crippen LogP contribution in [0.25, 0.3) is 0 Å². The van der Waals surface area contributed by atoms with Gasteiger partial charge in [-0.25, -0.2) is 0 Å². The topological polar surface area (TPSA) is 37.3 Å². The average Bonchev–Trinajstić information content (AvgIpc) is 2.20. The van der Waals surface area contributed by atoms with Crippen LogP contribution in [-0.4, -0.2) is 22.1 Å². The smallest absolute Gasteiger partial charge is 0.234 e. The van der Waals surface area contributed by atoms with Crippen LogP contribution in [0.1, 0.15) is 0 Å². The molecule has 2 nitrogen and oxygen atoms in total. The fraction of sp³-hybridized carbons (Fsp3) is 0.333. The summed E-state index contributed by atoms with van der Waals surface area (Å²) in [6.07, 6.45) is 0. The average molecular weight is 248 g/mol. The van der Waals surface area contributed by atoms with Crippen LogP contribution < -0.4 is 5.30 Å². The molecule has 1 N–H and O–H groups in total. The molecule has 1 aromatic rings. The van der Waals surface area contributed by atoms with Crippen molar-refractivity contribution >= 4 is 37.9 Å². The molecule has 0 saturated carbocycles. The summed E-state index contributed by atoms with van der Waals surface area (Å²) in [6, 6.07) is 8.67. The lowest BCUT2D eigenvalue weighted by Gasteiger charge is -2.19. The van der Waals surface area contributed by atoms with Gasteiger partial charge in [-0.15, -0.1) is 0 Å². The van der Waals surface area contributed by atoms with Crippen LogP contribution in [0.2, 0.25) is 0 Å². The summed E-state index contributed by atoms with van der Waals surface area (Å²) in [5.41, 5.74) is -0.378. The highest BCUT2D eigenvalue weighted by atomic mass is 32.1. The van der Waals surface area contributed by atoms with Gasteiger partial charge in [-0.05, 0) is 12.1 Å². The Morgan fingerprint density at radius 3 is 2.14 bits per heavy atom. The molecule has 0 fully saturated rings. The normalized spacial score (nSPS) is 15.4. The number of thiol groups is 2. The molecule has 0 aliphatic carbocycles. The van der Waals surface area contributed by atoms with Gasteiger partial charge in [-0.3, -0.25) is 4.57 Å². The van der Waals surface area contributed by atoms with E-state index in [4.69, 9.17) is 0 Å². The zero-order valence-electron chi connectivity index (χ0n) is 7.58. The highest BCUT2D eigenvalue weighted by Crippen LogP contribution is 2.45. The SMILES string of the molecule is O=P(O)(c1ccccc1)C(CS)CS. The van der Waals surface area contributed by atoms with Gasteiger partial charge in [-0.1, -0.05) is 18.2 Å². The Labute approximate surface area is 95.0 Å². The summed E-state index contributed by atoms with van der Waals surface area (Å²) in [5.74, 6) is 0.734. The summed E-state index contributed by atoms with van der Waals surface area (Å²) in [4.78, 5) is 9.90. The van der Waals surface area contributed by atoms with Crippen LogP contribution in [0, 0.1) is 0 Å². The van der Waals surface area contributed by atoms with Crippen molar-refractivity contribution in [3.05, 3.63) is 30.3 Å². The van der Waals surface area contributed by atoms with Gasteiger partial charge in [-0.2, -0.15) is 25.3 Å². The first-order chi connectivity index (χ1) is 6.62. The number of hydrogen-bond donors (Lipinski definition) is 3. The van der Waals surface area contributed by atoms with E-state index in [9.17, 15) is 9.46 Å². The minimum Gasteiger partial charge on any atom is -0.341 e. The number of hydrogen-bond acceptors (Lipinski definition) is 3. The first-order valence-corrected chi connectivity index (χ1v) is 7.22. The summed E-state index contributed by atoms with van der Waals surface area (Å²) >= 11 is 8.12. The molecule has 0 spiro atoms. The van der Waals surface area contributed by atoms with E-state index in [2.05, 4.69) is 25.3 Å². The van der Waals surface area contributed by atoms with Crippen LogP contribution in [0.15, 0.2) is 30.3 Å². The quantitative estimate of drug-likeness (QED) is 0.561. The molecular formula is C9H13O2PS2.